The van der Waals surface area contributed by atoms with Crippen molar-refractivity contribution in [3.05, 3.63) is 97.7 Å². The van der Waals surface area contributed by atoms with E-state index in [1.54, 1.807) is 30.3 Å². The fraction of sp³-hybridized carbons (Fsp3) is 0.276. The largest absolute Gasteiger partial charge is 0.477 e. The molecule has 13 heteroatoms. The monoisotopic (exact) mass is 630 g/mol. The van der Waals surface area contributed by atoms with Gasteiger partial charge in [-0.25, -0.2) is 4.79 Å². The molecule has 10 nitrogen and oxygen atoms in total. The molecule has 0 aliphatic heterocycles. The lowest BCUT2D eigenvalue weighted by Crippen LogP contribution is -2.41. The van der Waals surface area contributed by atoms with E-state index < -0.39 is 24.0 Å². The van der Waals surface area contributed by atoms with Crippen LogP contribution in [0.1, 0.15) is 57.9 Å². The number of ether oxygens (including phenoxy) is 2. The standard InChI is InChI=1S/C29H28Cl2N4O6S/c30-21-15-24(42-27(21)31)23(16-36)40-20-11-9-18(10-12-20)14-25-34-28(35-41-25)26(37)22(8-4-5-13-32)33-29(38)39-17-19-6-2-1-3-7-19/h1-3,6-7,9-12,15-16,22-23H,4-5,8,13-14,17,32H2,(H,33,38). The molecule has 220 valence electrons. The highest BCUT2D eigenvalue weighted by Crippen LogP contribution is 2.36. The summed E-state index contributed by atoms with van der Waals surface area (Å²) in [7, 11) is 0. The molecule has 0 bridgehead atoms. The maximum atomic E-state index is 13.2. The number of rotatable bonds is 15. The first-order valence-corrected chi connectivity index (χ1v) is 14.6. The molecule has 0 saturated heterocycles. The number of unbranched alkanes of at least 4 members (excludes halogenated alkanes) is 1. The number of nitrogens with two attached hydrogens (primary N) is 1. The highest BCUT2D eigenvalue weighted by Gasteiger charge is 2.27. The molecular weight excluding hydrogens is 603 g/mol. The summed E-state index contributed by atoms with van der Waals surface area (Å²) in [6.45, 7) is 0.529. The zero-order chi connectivity index (χ0) is 29.9. The van der Waals surface area contributed by atoms with Crippen LogP contribution >= 0.6 is 34.5 Å². The van der Waals surface area contributed by atoms with Crippen LogP contribution in [0.15, 0.2) is 65.2 Å². The number of ketones is 1. The van der Waals surface area contributed by atoms with Crippen LogP contribution in [-0.2, 0) is 22.6 Å². The van der Waals surface area contributed by atoms with E-state index in [1.165, 1.54) is 11.3 Å². The third-order valence-corrected chi connectivity index (χ3v) is 7.99. The Balaban J connectivity index is 1.35. The number of carbonyl (C=O) groups is 3. The zero-order valence-corrected chi connectivity index (χ0v) is 24.7. The van der Waals surface area contributed by atoms with Crippen molar-refractivity contribution in [2.45, 2.75) is 44.4 Å². The first kappa shape index (κ1) is 31.2. The molecule has 3 N–H and O–H groups in total. The predicted octanol–water partition coefficient (Wildman–Crippen LogP) is 5.95. The SMILES string of the molecule is NCCCCC(NC(=O)OCc1ccccc1)C(=O)c1noc(Cc2ccc(OC(C=O)c3cc(Cl)c(Cl)s3)cc2)n1. The normalized spacial score (nSPS) is 12.4. The highest BCUT2D eigenvalue weighted by atomic mass is 35.5. The average molecular weight is 632 g/mol. The van der Waals surface area contributed by atoms with Gasteiger partial charge in [-0.15, -0.1) is 11.3 Å². The van der Waals surface area contributed by atoms with Gasteiger partial charge in [-0.05, 0) is 55.1 Å². The lowest BCUT2D eigenvalue weighted by atomic mass is 10.0. The predicted molar refractivity (Wildman–Crippen MR) is 158 cm³/mol. The summed E-state index contributed by atoms with van der Waals surface area (Å²) in [5.74, 6) is 0.0423. The van der Waals surface area contributed by atoms with Crippen molar-refractivity contribution >= 4 is 52.7 Å². The summed E-state index contributed by atoms with van der Waals surface area (Å²) in [6.07, 6.45) is 0.985. The Hall–Kier alpha value is -3.77. The van der Waals surface area contributed by atoms with Crippen LogP contribution in [0.25, 0.3) is 0 Å². The van der Waals surface area contributed by atoms with Gasteiger partial charge < -0.3 is 25.0 Å². The summed E-state index contributed by atoms with van der Waals surface area (Å²) >= 11 is 13.2. The van der Waals surface area contributed by atoms with Gasteiger partial charge >= 0.3 is 6.09 Å². The third-order valence-electron chi connectivity index (χ3n) is 6.07. The van der Waals surface area contributed by atoms with Crippen LogP contribution < -0.4 is 15.8 Å². The van der Waals surface area contributed by atoms with Crippen LogP contribution in [0.4, 0.5) is 4.79 Å². The van der Waals surface area contributed by atoms with Crippen molar-refractivity contribution in [3.8, 4) is 5.75 Å². The number of aromatic nitrogens is 2. The molecule has 2 aromatic carbocycles. The minimum Gasteiger partial charge on any atom is -0.477 e. The second-order valence-corrected chi connectivity index (χ2v) is 11.3. The second kappa shape index (κ2) is 15.5. The zero-order valence-electron chi connectivity index (χ0n) is 22.3. The number of hydrogen-bond donors (Lipinski definition) is 2. The van der Waals surface area contributed by atoms with Crippen molar-refractivity contribution in [2.75, 3.05) is 6.54 Å². The van der Waals surface area contributed by atoms with Crippen molar-refractivity contribution < 1.29 is 28.4 Å². The Morgan fingerprint density at radius 3 is 2.50 bits per heavy atom. The van der Waals surface area contributed by atoms with Crippen LogP contribution in [0, 0.1) is 0 Å². The molecule has 0 radical (unpaired) electrons. The van der Waals surface area contributed by atoms with E-state index in [0.717, 1.165) is 11.1 Å². The number of alkyl carbamates (subject to hydrolysis) is 1. The van der Waals surface area contributed by atoms with Gasteiger partial charge in [0.25, 0.3) is 0 Å². The molecule has 2 aromatic heterocycles. The van der Waals surface area contributed by atoms with E-state index in [9.17, 15) is 14.4 Å². The Morgan fingerprint density at radius 1 is 1.07 bits per heavy atom. The number of Topliss-reactive ketones (excluding diaryl/α,β-unsaturated/α-hetero) is 1. The van der Waals surface area contributed by atoms with Crippen molar-refractivity contribution in [3.63, 3.8) is 0 Å². The molecule has 42 heavy (non-hydrogen) atoms. The van der Waals surface area contributed by atoms with Gasteiger partial charge in [-0.3, -0.25) is 9.59 Å². The lowest BCUT2D eigenvalue weighted by Gasteiger charge is -2.16. The molecule has 2 atom stereocenters. The molecule has 0 fully saturated rings. The Kier molecular flexibility index (Phi) is 11.5. The molecule has 0 aliphatic carbocycles. The molecule has 2 heterocycles. The fourth-order valence-electron chi connectivity index (χ4n) is 3.91. The fourth-order valence-corrected chi connectivity index (χ4v) is 5.29. The maximum absolute atomic E-state index is 13.2. The average Bonchev–Trinajstić information content (AvgIpc) is 3.61. The number of carbonyl (C=O) groups excluding carboxylic acids is 3. The van der Waals surface area contributed by atoms with E-state index >= 15 is 0 Å². The molecule has 4 aromatic rings. The molecule has 0 saturated carbocycles. The molecular formula is C29H28Cl2N4O6S. The minimum absolute atomic E-state index is 0.0686. The number of benzene rings is 2. The third kappa shape index (κ3) is 8.86. The number of amides is 1. The van der Waals surface area contributed by atoms with E-state index in [0.29, 0.717) is 52.1 Å². The van der Waals surface area contributed by atoms with Gasteiger partial charge in [0.15, 0.2) is 12.4 Å². The minimum atomic E-state index is -0.902. The summed E-state index contributed by atoms with van der Waals surface area (Å²) in [6, 6.07) is 16.9. The van der Waals surface area contributed by atoms with Crippen molar-refractivity contribution in [2.24, 2.45) is 5.73 Å². The number of halogens is 2. The van der Waals surface area contributed by atoms with Crippen LogP contribution in [0.3, 0.4) is 0 Å². The first-order chi connectivity index (χ1) is 20.4. The summed E-state index contributed by atoms with van der Waals surface area (Å²) < 4.78 is 16.7. The second-order valence-electron chi connectivity index (χ2n) is 9.18. The Labute approximate surface area is 256 Å². The molecule has 4 rings (SSSR count). The van der Waals surface area contributed by atoms with E-state index in [4.69, 9.17) is 42.9 Å². The van der Waals surface area contributed by atoms with Gasteiger partial charge in [0.1, 0.15) is 16.7 Å². The van der Waals surface area contributed by atoms with E-state index in [-0.39, 0.29) is 24.7 Å². The van der Waals surface area contributed by atoms with Crippen LogP contribution in [-0.4, -0.2) is 40.9 Å². The maximum Gasteiger partial charge on any atom is 0.408 e. The summed E-state index contributed by atoms with van der Waals surface area (Å²) in [4.78, 5) is 42.0. The quantitative estimate of drug-likeness (QED) is 0.0922. The number of nitrogens with zero attached hydrogens (tertiary/aromatic N) is 2. The number of hydrogen-bond acceptors (Lipinski definition) is 10. The van der Waals surface area contributed by atoms with Gasteiger partial charge in [0.2, 0.25) is 17.5 Å². The number of nitrogens with one attached hydrogen (secondary N) is 1. The van der Waals surface area contributed by atoms with Gasteiger partial charge in [0, 0.05) is 0 Å². The summed E-state index contributed by atoms with van der Waals surface area (Å²) in [5.41, 5.74) is 7.22. The number of thiophene rings is 1. The molecule has 0 spiro atoms. The molecule has 2 unspecified atom stereocenters. The topological polar surface area (TPSA) is 147 Å². The smallest absolute Gasteiger partial charge is 0.408 e. The Bertz CT molecular complexity index is 1460. The summed E-state index contributed by atoms with van der Waals surface area (Å²) in [5, 5.41) is 6.82. The van der Waals surface area contributed by atoms with Crippen LogP contribution in [0.5, 0.6) is 5.75 Å². The highest BCUT2D eigenvalue weighted by molar-refractivity contribution is 7.17. The lowest BCUT2D eigenvalue weighted by molar-refractivity contribution is -0.113. The molecule has 1 amide bonds. The first-order valence-electron chi connectivity index (χ1n) is 13.1. The van der Waals surface area contributed by atoms with E-state index in [2.05, 4.69) is 15.5 Å². The van der Waals surface area contributed by atoms with Crippen LogP contribution in [0.2, 0.25) is 9.36 Å². The van der Waals surface area contributed by atoms with Crippen molar-refractivity contribution in [1.29, 1.82) is 0 Å². The van der Waals surface area contributed by atoms with E-state index in [1.807, 2.05) is 30.3 Å². The molecule has 0 aliphatic rings. The van der Waals surface area contributed by atoms with Crippen molar-refractivity contribution in [1.82, 2.24) is 15.5 Å². The van der Waals surface area contributed by atoms with Gasteiger partial charge in [-0.2, -0.15) is 4.98 Å². The van der Waals surface area contributed by atoms with Gasteiger partial charge in [0.05, 0.1) is 22.4 Å². The number of aldehydes is 1. The van der Waals surface area contributed by atoms with Gasteiger partial charge in [-0.1, -0.05) is 70.8 Å². The Morgan fingerprint density at radius 2 is 1.83 bits per heavy atom.